The quantitative estimate of drug-likeness (QED) is 0.626. The number of halogens is 1. The number of hydrogen-bond donors (Lipinski definition) is 0. The van der Waals surface area contributed by atoms with Crippen molar-refractivity contribution in [2.75, 3.05) is 7.11 Å². The maximum atomic E-state index is 5.21. The molecule has 0 fully saturated rings. The van der Waals surface area contributed by atoms with Gasteiger partial charge in [0, 0.05) is 11.9 Å². The number of ether oxygens (including phenoxy) is 1. The lowest BCUT2D eigenvalue weighted by molar-refractivity contribution is 0.0974. The summed E-state index contributed by atoms with van der Waals surface area (Å²) in [5.41, 5.74) is 0. The van der Waals surface area contributed by atoms with Crippen molar-refractivity contribution in [3.8, 4) is 0 Å². The number of alkyl halides is 1. The molecule has 1 nitrogen and oxygen atoms in total. The van der Waals surface area contributed by atoms with Gasteiger partial charge >= 0.3 is 0 Å². The average molecular weight is 195 g/mol. The molecule has 0 spiro atoms. The Balaban J connectivity index is 3.41. The van der Waals surface area contributed by atoms with E-state index in [-0.39, 0.29) is 0 Å². The molecule has 0 saturated carbocycles. The van der Waals surface area contributed by atoms with Gasteiger partial charge in [-0.3, -0.25) is 0 Å². The molecule has 0 saturated heterocycles. The lowest BCUT2D eigenvalue weighted by atomic mass is 10.2. The van der Waals surface area contributed by atoms with Crippen LogP contribution in [0.15, 0.2) is 0 Å². The summed E-state index contributed by atoms with van der Waals surface area (Å²) in [7, 11) is 1.76. The van der Waals surface area contributed by atoms with Crippen molar-refractivity contribution in [1.29, 1.82) is 0 Å². The summed E-state index contributed by atoms with van der Waals surface area (Å²) in [5.74, 6) is 0. The molecule has 0 heterocycles. The van der Waals surface area contributed by atoms with Gasteiger partial charge in [-0.25, -0.2) is 0 Å². The zero-order valence-electron chi connectivity index (χ0n) is 6.36. The molecule has 0 bridgehead atoms. The Morgan fingerprint density at radius 2 is 2.11 bits per heavy atom. The van der Waals surface area contributed by atoms with Crippen LogP contribution in [0.3, 0.4) is 0 Å². The first-order chi connectivity index (χ1) is 4.22. The van der Waals surface area contributed by atoms with E-state index in [4.69, 9.17) is 4.74 Å². The molecule has 0 aromatic heterocycles. The minimum absolute atomic E-state index is 0.384. The van der Waals surface area contributed by atoms with Crippen LogP contribution in [0.4, 0.5) is 0 Å². The molecule has 0 aliphatic carbocycles. The molecule has 2 unspecified atom stereocenters. The summed E-state index contributed by atoms with van der Waals surface area (Å²) in [6.07, 6.45) is 2.71. The van der Waals surface area contributed by atoms with Gasteiger partial charge < -0.3 is 4.74 Å². The lowest BCUT2D eigenvalue weighted by Crippen LogP contribution is -2.19. The number of methoxy groups -OCH3 is 1. The number of rotatable bonds is 4. The Morgan fingerprint density at radius 3 is 2.22 bits per heavy atom. The van der Waals surface area contributed by atoms with Crippen LogP contribution in [-0.2, 0) is 4.74 Å². The van der Waals surface area contributed by atoms with Gasteiger partial charge in [-0.15, -0.1) is 0 Å². The van der Waals surface area contributed by atoms with E-state index in [0.717, 1.165) is 6.42 Å². The van der Waals surface area contributed by atoms with Crippen LogP contribution in [0.2, 0.25) is 0 Å². The molecule has 2 atom stereocenters. The van der Waals surface area contributed by atoms with Crippen molar-refractivity contribution in [1.82, 2.24) is 0 Å². The minimum atomic E-state index is 0.384. The number of hydrogen-bond acceptors (Lipinski definition) is 1. The molecule has 0 radical (unpaired) electrons. The zero-order valence-corrected chi connectivity index (χ0v) is 7.94. The summed E-state index contributed by atoms with van der Waals surface area (Å²) in [4.78, 5) is 0.474. The summed E-state index contributed by atoms with van der Waals surface area (Å²) in [6.45, 7) is 4.28. The first-order valence-electron chi connectivity index (χ1n) is 3.39. The largest absolute Gasteiger partial charge is 0.380 e. The molecule has 0 amide bonds. The minimum Gasteiger partial charge on any atom is -0.380 e. The van der Waals surface area contributed by atoms with Gasteiger partial charge in [0.25, 0.3) is 0 Å². The standard InChI is InChI=1S/C7H15BrO/c1-4-5-7(9-3)6(2)8/h6-7H,4-5H2,1-3H3. The molecular formula is C7H15BrO. The van der Waals surface area contributed by atoms with E-state index in [1.165, 1.54) is 6.42 Å². The molecular weight excluding hydrogens is 180 g/mol. The van der Waals surface area contributed by atoms with Gasteiger partial charge in [0.2, 0.25) is 0 Å². The predicted molar refractivity (Wildman–Crippen MR) is 44.1 cm³/mol. The highest BCUT2D eigenvalue weighted by molar-refractivity contribution is 9.09. The second kappa shape index (κ2) is 5.24. The van der Waals surface area contributed by atoms with E-state index in [1.54, 1.807) is 7.11 Å². The van der Waals surface area contributed by atoms with Gasteiger partial charge in [-0.1, -0.05) is 36.2 Å². The van der Waals surface area contributed by atoms with Crippen LogP contribution in [0.25, 0.3) is 0 Å². The lowest BCUT2D eigenvalue weighted by Gasteiger charge is -2.16. The third kappa shape index (κ3) is 3.93. The van der Waals surface area contributed by atoms with Crippen molar-refractivity contribution < 1.29 is 4.74 Å². The highest BCUT2D eigenvalue weighted by Crippen LogP contribution is 2.12. The van der Waals surface area contributed by atoms with Gasteiger partial charge in [-0.2, -0.15) is 0 Å². The highest BCUT2D eigenvalue weighted by Gasteiger charge is 2.10. The highest BCUT2D eigenvalue weighted by atomic mass is 79.9. The molecule has 0 aromatic carbocycles. The summed E-state index contributed by atoms with van der Waals surface area (Å²) in [6, 6.07) is 0. The molecule has 0 aliphatic heterocycles. The smallest absolute Gasteiger partial charge is 0.0693 e. The van der Waals surface area contributed by atoms with Gasteiger partial charge in [-0.05, 0) is 6.42 Å². The monoisotopic (exact) mass is 194 g/mol. The Hall–Kier alpha value is 0.440. The van der Waals surface area contributed by atoms with Crippen LogP contribution in [0.5, 0.6) is 0 Å². The fourth-order valence-electron chi connectivity index (χ4n) is 0.820. The van der Waals surface area contributed by atoms with E-state index in [1.807, 2.05) is 0 Å². The van der Waals surface area contributed by atoms with Crippen molar-refractivity contribution in [3.63, 3.8) is 0 Å². The Morgan fingerprint density at radius 1 is 1.56 bits per heavy atom. The second-order valence-corrected chi connectivity index (χ2v) is 3.68. The normalized spacial score (nSPS) is 17.3. The summed E-state index contributed by atoms with van der Waals surface area (Å²) < 4.78 is 5.21. The molecule has 2 heteroatoms. The molecule has 0 aromatic rings. The third-order valence-electron chi connectivity index (χ3n) is 1.39. The van der Waals surface area contributed by atoms with Gasteiger partial charge in [0.1, 0.15) is 0 Å². The fraction of sp³-hybridized carbons (Fsp3) is 1.00. The van der Waals surface area contributed by atoms with E-state index >= 15 is 0 Å². The van der Waals surface area contributed by atoms with Gasteiger partial charge in [0.15, 0.2) is 0 Å². The van der Waals surface area contributed by atoms with Crippen molar-refractivity contribution >= 4 is 15.9 Å². The molecule has 0 rings (SSSR count). The average Bonchev–Trinajstić information content (AvgIpc) is 1.82. The van der Waals surface area contributed by atoms with Crippen LogP contribution < -0.4 is 0 Å². The van der Waals surface area contributed by atoms with Crippen molar-refractivity contribution in [3.05, 3.63) is 0 Å². The Bertz CT molecular complexity index is 63.9. The Labute approximate surface area is 65.9 Å². The van der Waals surface area contributed by atoms with E-state index < -0.39 is 0 Å². The molecule has 56 valence electrons. The summed E-state index contributed by atoms with van der Waals surface area (Å²) in [5, 5.41) is 0. The zero-order chi connectivity index (χ0) is 7.28. The molecule has 0 N–H and O–H groups in total. The molecule has 0 aliphatic rings. The van der Waals surface area contributed by atoms with E-state index in [2.05, 4.69) is 29.8 Å². The maximum Gasteiger partial charge on any atom is 0.0693 e. The molecule has 9 heavy (non-hydrogen) atoms. The van der Waals surface area contributed by atoms with Crippen LogP contribution >= 0.6 is 15.9 Å². The maximum absolute atomic E-state index is 5.21. The predicted octanol–water partition coefficient (Wildman–Crippen LogP) is 2.58. The van der Waals surface area contributed by atoms with Crippen LogP contribution in [-0.4, -0.2) is 18.0 Å². The van der Waals surface area contributed by atoms with Crippen molar-refractivity contribution in [2.24, 2.45) is 0 Å². The van der Waals surface area contributed by atoms with Crippen LogP contribution in [0.1, 0.15) is 26.7 Å². The first kappa shape index (κ1) is 9.44. The second-order valence-electron chi connectivity index (χ2n) is 2.24. The van der Waals surface area contributed by atoms with E-state index in [9.17, 15) is 0 Å². The fourth-order valence-corrected chi connectivity index (χ4v) is 1.30. The third-order valence-corrected chi connectivity index (χ3v) is 1.98. The van der Waals surface area contributed by atoms with Crippen molar-refractivity contribution in [2.45, 2.75) is 37.6 Å². The summed E-state index contributed by atoms with van der Waals surface area (Å²) >= 11 is 3.48. The Kier molecular flexibility index (Phi) is 5.50. The van der Waals surface area contributed by atoms with Crippen LogP contribution in [0, 0.1) is 0 Å². The first-order valence-corrected chi connectivity index (χ1v) is 4.30. The van der Waals surface area contributed by atoms with E-state index in [0.29, 0.717) is 10.9 Å². The topological polar surface area (TPSA) is 9.23 Å². The van der Waals surface area contributed by atoms with Gasteiger partial charge in [0.05, 0.1) is 6.10 Å². The SMILES string of the molecule is CCCC(OC)C(C)Br.